The van der Waals surface area contributed by atoms with Crippen molar-refractivity contribution in [2.24, 2.45) is 0 Å². The second-order valence-corrected chi connectivity index (χ2v) is 6.87. The Kier molecular flexibility index (Phi) is 4.04. The quantitative estimate of drug-likeness (QED) is 0.863. The molecule has 6 heteroatoms. The molecule has 0 radical (unpaired) electrons. The number of hydrogen-bond acceptors (Lipinski definition) is 5. The van der Waals surface area contributed by atoms with Crippen LogP contribution in [0.3, 0.4) is 0 Å². The monoisotopic (exact) mass is 255 g/mol. The fourth-order valence-corrected chi connectivity index (χ4v) is 3.33. The summed E-state index contributed by atoms with van der Waals surface area (Å²) in [5.74, 6) is 2.20. The zero-order valence-electron chi connectivity index (χ0n) is 10.8. The van der Waals surface area contributed by atoms with Gasteiger partial charge in [0.1, 0.15) is 0 Å². The van der Waals surface area contributed by atoms with E-state index in [0.717, 1.165) is 18.9 Å². The fourth-order valence-electron chi connectivity index (χ4n) is 2.05. The van der Waals surface area contributed by atoms with E-state index in [9.17, 15) is 0 Å². The van der Waals surface area contributed by atoms with Crippen LogP contribution in [0, 0.1) is 0 Å². The second kappa shape index (κ2) is 5.35. The summed E-state index contributed by atoms with van der Waals surface area (Å²) in [4.78, 5) is 0. The third kappa shape index (κ3) is 3.42. The van der Waals surface area contributed by atoms with Crippen molar-refractivity contribution in [2.75, 3.05) is 5.75 Å². The number of hydrogen-bond donors (Lipinski definition) is 1. The molecule has 0 amide bonds. The van der Waals surface area contributed by atoms with Crippen molar-refractivity contribution in [3.63, 3.8) is 0 Å². The number of nitrogens with one attached hydrogen (secondary N) is 1. The van der Waals surface area contributed by atoms with E-state index in [4.69, 9.17) is 0 Å². The molecule has 2 rings (SSSR count). The molecule has 0 spiro atoms. The number of aromatic nitrogens is 4. The highest BCUT2D eigenvalue weighted by Gasteiger charge is 2.31. The molecular formula is C11H21N5S. The minimum absolute atomic E-state index is 0.308. The van der Waals surface area contributed by atoms with Crippen molar-refractivity contribution in [3.05, 3.63) is 5.82 Å². The Morgan fingerprint density at radius 1 is 1.53 bits per heavy atom. The van der Waals surface area contributed by atoms with Crippen molar-refractivity contribution in [2.45, 2.75) is 57.5 Å². The summed E-state index contributed by atoms with van der Waals surface area (Å²) in [6, 6.07) is 0.455. The van der Waals surface area contributed by atoms with E-state index in [0.29, 0.717) is 10.8 Å². The maximum absolute atomic E-state index is 4.11. The molecule has 2 heterocycles. The molecule has 1 saturated heterocycles. The van der Waals surface area contributed by atoms with Gasteiger partial charge in [-0.15, -0.1) is 5.10 Å². The topological polar surface area (TPSA) is 55.6 Å². The summed E-state index contributed by atoms with van der Waals surface area (Å²) < 4.78 is 2.26. The van der Waals surface area contributed by atoms with E-state index in [1.165, 1.54) is 18.6 Å². The van der Waals surface area contributed by atoms with E-state index < -0.39 is 0 Å². The van der Waals surface area contributed by atoms with Crippen molar-refractivity contribution >= 4 is 11.8 Å². The van der Waals surface area contributed by atoms with E-state index >= 15 is 0 Å². The standard InChI is InChI=1S/C11H21N5S/c1-9(2)12-7-10-13-14-15-16(10)8-11(3)5-4-6-17-11/h9,12H,4-8H2,1-3H3. The summed E-state index contributed by atoms with van der Waals surface area (Å²) in [6.07, 6.45) is 2.57. The molecule has 1 N–H and O–H groups in total. The van der Waals surface area contributed by atoms with Gasteiger partial charge in [-0.2, -0.15) is 11.8 Å². The highest BCUT2D eigenvalue weighted by molar-refractivity contribution is 8.00. The first-order chi connectivity index (χ1) is 8.09. The number of tetrazole rings is 1. The first-order valence-electron chi connectivity index (χ1n) is 6.21. The molecule has 1 aromatic rings. The molecule has 0 bridgehead atoms. The second-order valence-electron chi connectivity index (χ2n) is 5.19. The van der Waals surface area contributed by atoms with Gasteiger partial charge in [-0.1, -0.05) is 13.8 Å². The molecule has 1 fully saturated rings. The third-order valence-corrected chi connectivity index (χ3v) is 4.58. The molecule has 5 nitrogen and oxygen atoms in total. The molecule has 1 aliphatic rings. The average Bonchev–Trinajstić information content (AvgIpc) is 2.85. The van der Waals surface area contributed by atoms with Gasteiger partial charge in [0.15, 0.2) is 5.82 Å². The summed E-state index contributed by atoms with van der Waals surface area (Å²) in [5, 5.41) is 15.3. The molecule has 0 aromatic carbocycles. The zero-order chi connectivity index (χ0) is 12.3. The Hall–Kier alpha value is -0.620. The van der Waals surface area contributed by atoms with E-state index in [2.05, 4.69) is 41.6 Å². The van der Waals surface area contributed by atoms with E-state index in [-0.39, 0.29) is 0 Å². The van der Waals surface area contributed by atoms with Gasteiger partial charge < -0.3 is 5.32 Å². The van der Waals surface area contributed by atoms with E-state index in [1.54, 1.807) is 0 Å². The lowest BCUT2D eigenvalue weighted by Gasteiger charge is -2.22. The maximum atomic E-state index is 4.11. The van der Waals surface area contributed by atoms with Crippen LogP contribution in [-0.4, -0.2) is 36.7 Å². The fraction of sp³-hybridized carbons (Fsp3) is 0.909. The Labute approximate surface area is 107 Å². The molecule has 1 aliphatic heterocycles. The smallest absolute Gasteiger partial charge is 0.165 e. The molecule has 1 aromatic heterocycles. The minimum Gasteiger partial charge on any atom is -0.308 e. The Balaban J connectivity index is 1.98. The Morgan fingerprint density at radius 2 is 2.35 bits per heavy atom. The Bertz CT molecular complexity index is 356. The number of rotatable bonds is 5. The molecule has 96 valence electrons. The molecule has 17 heavy (non-hydrogen) atoms. The van der Waals surface area contributed by atoms with Gasteiger partial charge in [0.2, 0.25) is 0 Å². The SMILES string of the molecule is CC(C)NCc1nnnn1CC1(C)CCCS1. The summed E-state index contributed by atoms with van der Waals surface area (Å²) in [5.41, 5.74) is 0. The lowest BCUT2D eigenvalue weighted by Crippen LogP contribution is -2.29. The highest BCUT2D eigenvalue weighted by Crippen LogP contribution is 2.38. The van der Waals surface area contributed by atoms with Gasteiger partial charge in [-0.05, 0) is 35.9 Å². The predicted molar refractivity (Wildman–Crippen MR) is 69.9 cm³/mol. The van der Waals surface area contributed by atoms with Crippen LogP contribution in [-0.2, 0) is 13.1 Å². The number of nitrogens with zero attached hydrogens (tertiary/aromatic N) is 4. The first-order valence-corrected chi connectivity index (χ1v) is 7.20. The van der Waals surface area contributed by atoms with Gasteiger partial charge in [0.05, 0.1) is 13.1 Å². The van der Waals surface area contributed by atoms with Crippen molar-refractivity contribution in [1.29, 1.82) is 0 Å². The van der Waals surface area contributed by atoms with Crippen LogP contribution < -0.4 is 5.32 Å². The van der Waals surface area contributed by atoms with Crippen LogP contribution >= 0.6 is 11.8 Å². The van der Waals surface area contributed by atoms with Crippen LogP contribution in [0.15, 0.2) is 0 Å². The van der Waals surface area contributed by atoms with Crippen molar-refractivity contribution in [1.82, 2.24) is 25.5 Å². The Morgan fingerprint density at radius 3 is 3.00 bits per heavy atom. The van der Waals surface area contributed by atoms with Crippen LogP contribution in [0.5, 0.6) is 0 Å². The van der Waals surface area contributed by atoms with Gasteiger partial charge in [0.25, 0.3) is 0 Å². The van der Waals surface area contributed by atoms with Crippen LogP contribution in [0.2, 0.25) is 0 Å². The first kappa shape index (κ1) is 12.8. The normalized spacial score (nSPS) is 24.7. The highest BCUT2D eigenvalue weighted by atomic mass is 32.2. The largest absolute Gasteiger partial charge is 0.308 e. The van der Waals surface area contributed by atoms with Crippen LogP contribution in [0.4, 0.5) is 0 Å². The minimum atomic E-state index is 0.308. The predicted octanol–water partition coefficient (Wildman–Crippen LogP) is 1.46. The van der Waals surface area contributed by atoms with Gasteiger partial charge >= 0.3 is 0 Å². The van der Waals surface area contributed by atoms with Gasteiger partial charge in [-0.3, -0.25) is 0 Å². The van der Waals surface area contributed by atoms with E-state index in [1.807, 2.05) is 16.4 Å². The maximum Gasteiger partial charge on any atom is 0.165 e. The van der Waals surface area contributed by atoms with Crippen LogP contribution in [0.25, 0.3) is 0 Å². The lowest BCUT2D eigenvalue weighted by atomic mass is 10.1. The third-order valence-electron chi connectivity index (χ3n) is 3.06. The average molecular weight is 255 g/mol. The van der Waals surface area contributed by atoms with Gasteiger partial charge in [-0.25, -0.2) is 4.68 Å². The molecule has 1 unspecified atom stereocenters. The molecule has 1 atom stereocenters. The van der Waals surface area contributed by atoms with Gasteiger partial charge in [0, 0.05) is 10.8 Å². The summed E-state index contributed by atoms with van der Waals surface area (Å²) >= 11 is 2.04. The van der Waals surface area contributed by atoms with Crippen LogP contribution in [0.1, 0.15) is 39.4 Å². The molecule has 0 aliphatic carbocycles. The lowest BCUT2D eigenvalue weighted by molar-refractivity contribution is 0.444. The zero-order valence-corrected chi connectivity index (χ0v) is 11.6. The molecular weight excluding hydrogens is 234 g/mol. The molecule has 0 saturated carbocycles. The van der Waals surface area contributed by atoms with Crippen molar-refractivity contribution < 1.29 is 0 Å². The van der Waals surface area contributed by atoms with Crippen molar-refractivity contribution in [3.8, 4) is 0 Å². The summed E-state index contributed by atoms with van der Waals surface area (Å²) in [7, 11) is 0. The number of thioether (sulfide) groups is 1. The summed E-state index contributed by atoms with van der Waals surface area (Å²) in [6.45, 7) is 8.22.